The number of hydrogen-bond acceptors (Lipinski definition) is 2. The Kier molecular flexibility index (Phi) is 5.03. The standard InChI is InChI=1S/C13H15BrINO2/c1-8-7-18-5-4-10(8)13(17)16-9-2-3-12(15)11(14)6-9/h2-3,6,8,10H,4-5,7H2,1H3,(H,16,17). The zero-order valence-corrected chi connectivity index (χ0v) is 13.8. The van der Waals surface area contributed by atoms with Crippen molar-refractivity contribution >= 4 is 50.1 Å². The number of benzene rings is 1. The van der Waals surface area contributed by atoms with Gasteiger partial charge in [-0.3, -0.25) is 4.79 Å². The lowest BCUT2D eigenvalue weighted by Crippen LogP contribution is -2.34. The molecule has 1 aromatic rings. The Morgan fingerprint density at radius 2 is 2.33 bits per heavy atom. The van der Waals surface area contributed by atoms with Crippen LogP contribution in [0, 0.1) is 15.4 Å². The Hall–Kier alpha value is -0.140. The molecular weight excluding hydrogens is 409 g/mol. The smallest absolute Gasteiger partial charge is 0.227 e. The number of amides is 1. The number of nitrogens with one attached hydrogen (secondary N) is 1. The first-order valence-electron chi connectivity index (χ1n) is 5.91. The van der Waals surface area contributed by atoms with E-state index < -0.39 is 0 Å². The topological polar surface area (TPSA) is 38.3 Å². The minimum absolute atomic E-state index is 0.0526. The zero-order chi connectivity index (χ0) is 13.1. The summed E-state index contributed by atoms with van der Waals surface area (Å²) in [6, 6.07) is 5.84. The van der Waals surface area contributed by atoms with Crippen molar-refractivity contribution < 1.29 is 9.53 Å². The van der Waals surface area contributed by atoms with Crippen LogP contribution in [0.2, 0.25) is 0 Å². The lowest BCUT2D eigenvalue weighted by atomic mass is 9.89. The first-order chi connectivity index (χ1) is 8.58. The number of halogens is 2. The maximum Gasteiger partial charge on any atom is 0.227 e. The fourth-order valence-electron chi connectivity index (χ4n) is 2.08. The highest BCUT2D eigenvalue weighted by molar-refractivity contribution is 14.1. The second kappa shape index (κ2) is 6.34. The molecule has 1 aliphatic heterocycles. The average Bonchev–Trinajstić information content (AvgIpc) is 2.34. The van der Waals surface area contributed by atoms with Crippen molar-refractivity contribution in [2.45, 2.75) is 13.3 Å². The molecule has 0 spiro atoms. The summed E-state index contributed by atoms with van der Waals surface area (Å²) in [5.41, 5.74) is 0.839. The van der Waals surface area contributed by atoms with E-state index in [2.05, 4.69) is 50.8 Å². The van der Waals surface area contributed by atoms with E-state index in [1.165, 1.54) is 0 Å². The van der Waals surface area contributed by atoms with Crippen molar-refractivity contribution in [3.05, 3.63) is 26.2 Å². The first-order valence-corrected chi connectivity index (χ1v) is 7.79. The van der Waals surface area contributed by atoms with E-state index in [0.29, 0.717) is 13.2 Å². The minimum atomic E-state index is 0.0526. The molecule has 1 fully saturated rings. The van der Waals surface area contributed by atoms with Gasteiger partial charge < -0.3 is 10.1 Å². The molecule has 2 unspecified atom stereocenters. The molecule has 0 aliphatic carbocycles. The van der Waals surface area contributed by atoms with Crippen molar-refractivity contribution in [2.75, 3.05) is 18.5 Å². The predicted octanol–water partition coefficient (Wildman–Crippen LogP) is 3.66. The second-order valence-corrected chi connectivity index (χ2v) is 6.58. The van der Waals surface area contributed by atoms with Gasteiger partial charge >= 0.3 is 0 Å². The fraction of sp³-hybridized carbons (Fsp3) is 0.462. The summed E-state index contributed by atoms with van der Waals surface area (Å²) in [7, 11) is 0. The van der Waals surface area contributed by atoms with Crippen LogP contribution in [0.1, 0.15) is 13.3 Å². The molecule has 18 heavy (non-hydrogen) atoms. The van der Waals surface area contributed by atoms with Gasteiger partial charge in [0, 0.05) is 32.9 Å². The van der Waals surface area contributed by atoms with E-state index in [-0.39, 0.29) is 17.7 Å². The van der Waals surface area contributed by atoms with Crippen LogP contribution in [0.3, 0.4) is 0 Å². The number of rotatable bonds is 2. The predicted molar refractivity (Wildman–Crippen MR) is 83.6 cm³/mol. The molecule has 1 N–H and O–H groups in total. The number of ether oxygens (including phenoxy) is 1. The van der Waals surface area contributed by atoms with Gasteiger partial charge in [0.25, 0.3) is 0 Å². The van der Waals surface area contributed by atoms with Crippen molar-refractivity contribution in [1.82, 2.24) is 0 Å². The van der Waals surface area contributed by atoms with Gasteiger partial charge in [0.1, 0.15) is 0 Å². The van der Waals surface area contributed by atoms with Crippen LogP contribution in [-0.4, -0.2) is 19.1 Å². The van der Waals surface area contributed by atoms with Crippen LogP contribution >= 0.6 is 38.5 Å². The van der Waals surface area contributed by atoms with Gasteiger partial charge in [-0.15, -0.1) is 0 Å². The first kappa shape index (κ1) is 14.3. The molecular formula is C13H15BrINO2. The molecule has 3 nitrogen and oxygen atoms in total. The van der Waals surface area contributed by atoms with Gasteiger partial charge in [-0.1, -0.05) is 6.92 Å². The monoisotopic (exact) mass is 423 g/mol. The molecule has 0 radical (unpaired) electrons. The lowest BCUT2D eigenvalue weighted by molar-refractivity contribution is -0.125. The van der Waals surface area contributed by atoms with E-state index >= 15 is 0 Å². The maximum atomic E-state index is 12.2. The second-order valence-electron chi connectivity index (χ2n) is 4.57. The molecule has 0 bridgehead atoms. The Morgan fingerprint density at radius 1 is 1.56 bits per heavy atom. The molecule has 1 aliphatic rings. The Labute approximate surface area is 129 Å². The van der Waals surface area contributed by atoms with Crippen molar-refractivity contribution in [3.8, 4) is 0 Å². The van der Waals surface area contributed by atoms with Gasteiger partial charge in [0.15, 0.2) is 0 Å². The van der Waals surface area contributed by atoms with Crippen LogP contribution in [0.4, 0.5) is 5.69 Å². The van der Waals surface area contributed by atoms with Crippen molar-refractivity contribution in [2.24, 2.45) is 11.8 Å². The maximum absolute atomic E-state index is 12.2. The molecule has 1 amide bonds. The zero-order valence-electron chi connectivity index (χ0n) is 10.1. The largest absolute Gasteiger partial charge is 0.381 e. The Bertz CT molecular complexity index is 453. The van der Waals surface area contributed by atoms with Crippen LogP contribution in [0.15, 0.2) is 22.7 Å². The minimum Gasteiger partial charge on any atom is -0.381 e. The summed E-state index contributed by atoms with van der Waals surface area (Å²) in [5.74, 6) is 0.432. The quantitative estimate of drug-likeness (QED) is 0.737. The lowest BCUT2D eigenvalue weighted by Gasteiger charge is -2.27. The Balaban J connectivity index is 2.04. The summed E-state index contributed by atoms with van der Waals surface area (Å²) < 4.78 is 7.49. The summed E-state index contributed by atoms with van der Waals surface area (Å²) in [4.78, 5) is 12.2. The van der Waals surface area contributed by atoms with Crippen LogP contribution in [0.25, 0.3) is 0 Å². The highest BCUT2D eigenvalue weighted by Gasteiger charge is 2.28. The summed E-state index contributed by atoms with van der Waals surface area (Å²) >= 11 is 5.71. The number of carbonyl (C=O) groups is 1. The molecule has 2 atom stereocenters. The SMILES string of the molecule is CC1COCCC1C(=O)Nc1ccc(I)c(Br)c1. The van der Waals surface area contributed by atoms with Gasteiger partial charge in [0.05, 0.1) is 0 Å². The van der Waals surface area contributed by atoms with E-state index in [1.807, 2.05) is 18.2 Å². The fourth-order valence-corrected chi connectivity index (χ4v) is 2.79. The molecule has 0 saturated carbocycles. The number of hydrogen-bond donors (Lipinski definition) is 1. The van der Waals surface area contributed by atoms with Gasteiger partial charge in [-0.05, 0) is 69.1 Å². The molecule has 1 saturated heterocycles. The van der Waals surface area contributed by atoms with E-state index in [0.717, 1.165) is 20.2 Å². The van der Waals surface area contributed by atoms with E-state index in [1.54, 1.807) is 0 Å². The molecule has 1 heterocycles. The molecule has 2 rings (SSSR count). The summed E-state index contributed by atoms with van der Waals surface area (Å²) in [6.45, 7) is 3.42. The van der Waals surface area contributed by atoms with Gasteiger partial charge in [-0.2, -0.15) is 0 Å². The number of carbonyl (C=O) groups excluding carboxylic acids is 1. The van der Waals surface area contributed by atoms with Crippen LogP contribution in [-0.2, 0) is 9.53 Å². The highest BCUT2D eigenvalue weighted by atomic mass is 127. The summed E-state index contributed by atoms with van der Waals surface area (Å²) in [5, 5.41) is 2.98. The van der Waals surface area contributed by atoms with Gasteiger partial charge in [0.2, 0.25) is 5.91 Å². The van der Waals surface area contributed by atoms with Gasteiger partial charge in [-0.25, -0.2) is 0 Å². The number of anilines is 1. The van der Waals surface area contributed by atoms with Crippen LogP contribution in [0.5, 0.6) is 0 Å². The molecule has 1 aromatic carbocycles. The summed E-state index contributed by atoms with van der Waals surface area (Å²) in [6.07, 6.45) is 0.804. The molecule has 5 heteroatoms. The van der Waals surface area contributed by atoms with Crippen molar-refractivity contribution in [1.29, 1.82) is 0 Å². The Morgan fingerprint density at radius 3 is 3.00 bits per heavy atom. The third-order valence-corrected chi connectivity index (χ3v) is 5.50. The highest BCUT2D eigenvalue weighted by Crippen LogP contribution is 2.26. The molecule has 98 valence electrons. The van der Waals surface area contributed by atoms with Crippen molar-refractivity contribution in [3.63, 3.8) is 0 Å². The van der Waals surface area contributed by atoms with E-state index in [9.17, 15) is 4.79 Å². The third kappa shape index (κ3) is 3.45. The van der Waals surface area contributed by atoms with Crippen LogP contribution < -0.4 is 5.32 Å². The van der Waals surface area contributed by atoms with E-state index in [4.69, 9.17) is 4.74 Å². The molecule has 0 aromatic heterocycles. The average molecular weight is 424 g/mol. The normalized spacial score (nSPS) is 23.7. The third-order valence-electron chi connectivity index (χ3n) is 3.16.